The smallest absolute Gasteiger partial charge is 0.306 e. The molecule has 0 saturated carbocycles. The predicted octanol–water partition coefficient (Wildman–Crippen LogP) is 20.3. The first kappa shape index (κ1) is 68.1. The Morgan fingerprint density at radius 3 is 0.875 bits per heavy atom. The third kappa shape index (κ3) is 57.0. The van der Waals surface area contributed by atoms with Gasteiger partial charge in [-0.1, -0.05) is 233 Å². The summed E-state index contributed by atoms with van der Waals surface area (Å²) in [6.45, 7) is 6.47. The zero-order valence-corrected chi connectivity index (χ0v) is 46.9. The Kier molecular flexibility index (Phi) is 56.4. The first-order valence-electron chi connectivity index (χ1n) is 29.9. The highest BCUT2D eigenvalue weighted by atomic mass is 16.6. The molecule has 0 aromatic heterocycles. The molecule has 6 nitrogen and oxygen atoms in total. The first-order chi connectivity index (χ1) is 35.5. The predicted molar refractivity (Wildman–Crippen MR) is 311 cm³/mol. The van der Waals surface area contributed by atoms with Crippen molar-refractivity contribution in [2.24, 2.45) is 0 Å². The van der Waals surface area contributed by atoms with Crippen molar-refractivity contribution < 1.29 is 28.6 Å². The van der Waals surface area contributed by atoms with Crippen molar-refractivity contribution in [1.82, 2.24) is 0 Å². The highest BCUT2D eigenvalue weighted by Crippen LogP contribution is 2.14. The molecule has 6 heteroatoms. The third-order valence-corrected chi connectivity index (χ3v) is 12.5. The van der Waals surface area contributed by atoms with Crippen LogP contribution in [0.5, 0.6) is 0 Å². The molecule has 0 bridgehead atoms. The Bertz CT molecular complexity index is 1470. The van der Waals surface area contributed by atoms with Crippen LogP contribution >= 0.6 is 0 Å². The lowest BCUT2D eigenvalue weighted by molar-refractivity contribution is -0.167. The Labute approximate surface area is 444 Å². The zero-order valence-electron chi connectivity index (χ0n) is 46.9. The number of ether oxygens (including phenoxy) is 3. The number of hydrogen-bond donors (Lipinski definition) is 0. The third-order valence-electron chi connectivity index (χ3n) is 12.5. The van der Waals surface area contributed by atoms with Crippen LogP contribution in [-0.4, -0.2) is 37.2 Å². The summed E-state index contributed by atoms with van der Waals surface area (Å²) in [5, 5.41) is 0. The number of unbranched alkanes of at least 4 members (excludes halogenated alkanes) is 24. The van der Waals surface area contributed by atoms with E-state index in [1.807, 2.05) is 0 Å². The van der Waals surface area contributed by atoms with Gasteiger partial charge in [0.1, 0.15) is 13.2 Å². The van der Waals surface area contributed by atoms with E-state index in [4.69, 9.17) is 14.2 Å². The summed E-state index contributed by atoms with van der Waals surface area (Å²) in [5.74, 6) is -0.942. The van der Waals surface area contributed by atoms with Gasteiger partial charge in [-0.2, -0.15) is 0 Å². The maximum Gasteiger partial charge on any atom is 0.306 e. The van der Waals surface area contributed by atoms with Crippen LogP contribution in [0.25, 0.3) is 0 Å². The summed E-state index contributed by atoms with van der Waals surface area (Å²) in [6.07, 6.45) is 80.7. The largest absolute Gasteiger partial charge is 0.462 e. The molecule has 1 atom stereocenters. The van der Waals surface area contributed by atoms with E-state index < -0.39 is 6.10 Å². The van der Waals surface area contributed by atoms with Crippen LogP contribution in [-0.2, 0) is 28.6 Å². The van der Waals surface area contributed by atoms with Crippen LogP contribution in [0.1, 0.15) is 271 Å². The molecule has 0 rings (SSSR count). The van der Waals surface area contributed by atoms with Gasteiger partial charge < -0.3 is 14.2 Å². The topological polar surface area (TPSA) is 78.9 Å². The Balaban J connectivity index is 4.46. The minimum atomic E-state index is -0.802. The summed E-state index contributed by atoms with van der Waals surface area (Å²) >= 11 is 0. The van der Waals surface area contributed by atoms with Crippen molar-refractivity contribution >= 4 is 17.9 Å². The van der Waals surface area contributed by atoms with Gasteiger partial charge in [0.05, 0.1) is 0 Å². The van der Waals surface area contributed by atoms with E-state index in [1.54, 1.807) is 0 Å². The van der Waals surface area contributed by atoms with Crippen LogP contribution in [0.4, 0.5) is 0 Å². The molecule has 0 heterocycles. The number of carbonyl (C=O) groups excluding carboxylic acids is 3. The molecule has 0 spiro atoms. The average molecular weight is 1000 g/mol. The lowest BCUT2D eigenvalue weighted by Gasteiger charge is -2.18. The maximum absolute atomic E-state index is 12.9. The van der Waals surface area contributed by atoms with Gasteiger partial charge in [0.2, 0.25) is 0 Å². The monoisotopic (exact) mass is 999 g/mol. The van der Waals surface area contributed by atoms with E-state index in [-0.39, 0.29) is 31.1 Å². The fraction of sp³-hybridized carbons (Fsp3) is 0.682. The van der Waals surface area contributed by atoms with Crippen molar-refractivity contribution in [1.29, 1.82) is 0 Å². The van der Waals surface area contributed by atoms with Crippen molar-refractivity contribution in [3.63, 3.8) is 0 Å². The van der Waals surface area contributed by atoms with Gasteiger partial charge in [-0.05, 0) is 128 Å². The summed E-state index contributed by atoms with van der Waals surface area (Å²) in [7, 11) is 0. The molecular formula is C66H110O6. The molecule has 0 saturated heterocycles. The second-order valence-electron chi connectivity index (χ2n) is 19.5. The number of allylic oxidation sites excluding steroid dienone is 18. The molecule has 0 fully saturated rings. The number of rotatable bonds is 53. The molecule has 0 amide bonds. The highest BCUT2D eigenvalue weighted by Gasteiger charge is 2.19. The second kappa shape index (κ2) is 59.6. The minimum absolute atomic E-state index is 0.0974. The van der Waals surface area contributed by atoms with Gasteiger partial charge in [0.25, 0.3) is 0 Å². The van der Waals surface area contributed by atoms with Crippen LogP contribution in [0.2, 0.25) is 0 Å². The van der Waals surface area contributed by atoms with Gasteiger partial charge in [0.15, 0.2) is 6.10 Å². The van der Waals surface area contributed by atoms with Crippen LogP contribution in [0, 0.1) is 0 Å². The summed E-state index contributed by atoms with van der Waals surface area (Å²) in [4.78, 5) is 38.2. The summed E-state index contributed by atoms with van der Waals surface area (Å²) in [6, 6.07) is 0. The number of carbonyl (C=O) groups is 3. The maximum atomic E-state index is 12.9. The van der Waals surface area contributed by atoms with Crippen molar-refractivity contribution in [2.45, 2.75) is 277 Å². The van der Waals surface area contributed by atoms with E-state index in [2.05, 4.69) is 130 Å². The minimum Gasteiger partial charge on any atom is -0.462 e. The number of hydrogen-bond acceptors (Lipinski definition) is 6. The van der Waals surface area contributed by atoms with E-state index >= 15 is 0 Å². The quantitative estimate of drug-likeness (QED) is 0.0261. The Hall–Kier alpha value is -3.93. The standard InChI is InChI=1S/C66H110O6/c1-4-7-10-13-16-19-22-25-28-30-31-32-33-34-35-36-39-41-44-47-50-53-56-59-65(68)71-62-63(61-70-64(67)58-55-52-49-46-43-40-37-27-24-21-18-15-12-9-6-3)72-66(69)60-57-54-51-48-45-42-38-29-26-23-20-17-14-11-8-5-2/h7,10,16,19-20,23,25,27-29,31-32,34-35,37-39,41,63H,4-6,8-9,11-15,17-18,21-22,24,26,30,33,36,40,42-62H2,1-3H3/b10-7-,19-16-,23-20-,28-25-,32-31-,35-34-,37-27-,38-29-,41-39-. The van der Waals surface area contributed by atoms with E-state index in [0.717, 1.165) is 141 Å². The molecule has 0 aliphatic carbocycles. The molecule has 0 radical (unpaired) electrons. The van der Waals surface area contributed by atoms with Gasteiger partial charge in [-0.25, -0.2) is 0 Å². The number of esters is 3. The van der Waals surface area contributed by atoms with E-state index in [0.29, 0.717) is 19.3 Å². The summed E-state index contributed by atoms with van der Waals surface area (Å²) in [5.41, 5.74) is 0. The Morgan fingerprint density at radius 2 is 0.542 bits per heavy atom. The fourth-order valence-electron chi connectivity index (χ4n) is 8.00. The summed E-state index contributed by atoms with van der Waals surface area (Å²) < 4.78 is 16.9. The van der Waals surface area contributed by atoms with E-state index in [9.17, 15) is 14.4 Å². The fourth-order valence-corrected chi connectivity index (χ4v) is 8.00. The van der Waals surface area contributed by atoms with Gasteiger partial charge >= 0.3 is 17.9 Å². The molecule has 0 aromatic rings. The average Bonchev–Trinajstić information content (AvgIpc) is 3.38. The van der Waals surface area contributed by atoms with Crippen molar-refractivity contribution in [3.8, 4) is 0 Å². The first-order valence-corrected chi connectivity index (χ1v) is 29.9. The lowest BCUT2D eigenvalue weighted by Crippen LogP contribution is -2.30. The zero-order chi connectivity index (χ0) is 52.2. The van der Waals surface area contributed by atoms with E-state index in [1.165, 1.54) is 89.9 Å². The van der Waals surface area contributed by atoms with Gasteiger partial charge in [0, 0.05) is 19.3 Å². The molecule has 410 valence electrons. The lowest BCUT2D eigenvalue weighted by atomic mass is 10.1. The van der Waals surface area contributed by atoms with Crippen LogP contribution in [0.3, 0.4) is 0 Å². The molecule has 72 heavy (non-hydrogen) atoms. The normalized spacial score (nSPS) is 12.9. The van der Waals surface area contributed by atoms with Crippen LogP contribution < -0.4 is 0 Å². The molecule has 1 unspecified atom stereocenters. The second-order valence-corrected chi connectivity index (χ2v) is 19.5. The highest BCUT2D eigenvalue weighted by molar-refractivity contribution is 5.71. The molecular weight excluding hydrogens is 889 g/mol. The van der Waals surface area contributed by atoms with Crippen molar-refractivity contribution in [2.75, 3.05) is 13.2 Å². The van der Waals surface area contributed by atoms with Crippen LogP contribution in [0.15, 0.2) is 109 Å². The van der Waals surface area contributed by atoms with Gasteiger partial charge in [-0.3, -0.25) is 14.4 Å². The van der Waals surface area contributed by atoms with Gasteiger partial charge in [-0.15, -0.1) is 0 Å². The Morgan fingerprint density at radius 1 is 0.292 bits per heavy atom. The molecule has 0 aromatic carbocycles. The molecule has 0 aliphatic heterocycles. The SMILES string of the molecule is CC/C=C\C/C=C\C/C=C\C/C=C\C/C=C\C/C=C\CCCCCCC(=O)OCC(COC(=O)CCCCCCC/C=C\CCCCCCCC)OC(=O)CCCCCCC/C=C\C/C=C\CCCCCC. The van der Waals surface area contributed by atoms with Crippen molar-refractivity contribution in [3.05, 3.63) is 109 Å². The molecule has 0 aliphatic rings. The molecule has 0 N–H and O–H groups in total.